The minimum absolute atomic E-state index is 0.00624. The average molecular weight is 926 g/mol. The molecule has 72 heavy (non-hydrogen) atoms. The highest BCUT2D eigenvalue weighted by Gasteiger charge is 2.50. The standard InChI is InChI=1S/C67H52BN3O/c1-66(2,3)47-33-35-48(36-34-47)71-60-41-54-52-27-12-15-32-62(52)72-63(54)42-53(60)55-39-51(40-61-64(55)68(71)58-30-18-29-57-65(58)70(61)59-31-14-13-28-56(59)67(57,4)5)69(49-25-16-23-45(37-49)43-19-8-6-9-20-43)50-26-17-24-46(38-50)44-21-10-7-11-22-44/h6-42H,1-5H3. The lowest BCUT2D eigenvalue weighted by atomic mass is 9.42. The number of hydrogen-bond acceptors (Lipinski definition) is 4. The number of nitrogens with zero attached hydrogens (tertiary/aromatic N) is 3. The second kappa shape index (κ2) is 15.7. The number of hydrogen-bond donors (Lipinski definition) is 0. The van der Waals surface area contributed by atoms with E-state index < -0.39 is 0 Å². The lowest BCUT2D eigenvalue weighted by Gasteiger charge is -2.50. The van der Waals surface area contributed by atoms with Gasteiger partial charge in [0.1, 0.15) is 11.2 Å². The first-order valence-electron chi connectivity index (χ1n) is 25.3. The Morgan fingerprint density at radius 1 is 0.458 bits per heavy atom. The predicted octanol–water partition coefficient (Wildman–Crippen LogP) is 17.0. The van der Waals surface area contributed by atoms with Crippen LogP contribution in [0.2, 0.25) is 0 Å². The van der Waals surface area contributed by atoms with Crippen molar-refractivity contribution in [3.8, 4) is 33.4 Å². The fraction of sp³-hybridized carbons (Fsp3) is 0.104. The summed E-state index contributed by atoms with van der Waals surface area (Å²) in [5.74, 6) is 0. The molecule has 0 atom stereocenters. The maximum absolute atomic E-state index is 6.81. The van der Waals surface area contributed by atoms with E-state index in [-0.39, 0.29) is 17.7 Å². The molecule has 0 radical (unpaired) electrons. The van der Waals surface area contributed by atoms with Crippen LogP contribution in [0.25, 0.3) is 55.3 Å². The number of furan rings is 1. The quantitative estimate of drug-likeness (QED) is 0.155. The highest BCUT2D eigenvalue weighted by atomic mass is 16.3. The first-order chi connectivity index (χ1) is 35.1. The van der Waals surface area contributed by atoms with E-state index >= 15 is 0 Å². The predicted molar refractivity (Wildman–Crippen MR) is 304 cm³/mol. The van der Waals surface area contributed by atoms with Gasteiger partial charge in [0, 0.05) is 61.6 Å². The molecule has 0 unspecified atom stereocenters. The lowest BCUT2D eigenvalue weighted by Crippen LogP contribution is -2.62. The summed E-state index contributed by atoms with van der Waals surface area (Å²) in [4.78, 5) is 7.72. The molecule has 3 aliphatic rings. The Morgan fingerprint density at radius 2 is 1.07 bits per heavy atom. The van der Waals surface area contributed by atoms with Crippen LogP contribution < -0.4 is 25.5 Å². The van der Waals surface area contributed by atoms with E-state index in [9.17, 15) is 0 Å². The molecule has 0 aliphatic carbocycles. The van der Waals surface area contributed by atoms with Gasteiger partial charge in [0.25, 0.3) is 0 Å². The summed E-state index contributed by atoms with van der Waals surface area (Å²) in [6.45, 7) is 11.5. The van der Waals surface area contributed by atoms with E-state index in [4.69, 9.17) is 4.42 Å². The summed E-state index contributed by atoms with van der Waals surface area (Å²) in [5, 5.41) is 2.23. The van der Waals surface area contributed by atoms with Gasteiger partial charge in [0.05, 0.1) is 5.69 Å². The molecule has 10 aromatic carbocycles. The largest absolute Gasteiger partial charge is 0.456 e. The zero-order chi connectivity index (χ0) is 48.5. The molecular formula is C67H52BN3O. The molecule has 344 valence electrons. The third kappa shape index (κ3) is 6.39. The Labute approximate surface area is 422 Å². The fourth-order valence-electron chi connectivity index (χ4n) is 12.2. The number of para-hydroxylation sites is 3. The Balaban J connectivity index is 1.11. The van der Waals surface area contributed by atoms with E-state index in [1.807, 2.05) is 0 Å². The van der Waals surface area contributed by atoms with Crippen molar-refractivity contribution in [1.82, 2.24) is 0 Å². The maximum Gasteiger partial charge on any atom is 0.333 e. The molecule has 4 heterocycles. The van der Waals surface area contributed by atoms with Gasteiger partial charge in [-0.1, -0.05) is 186 Å². The van der Waals surface area contributed by atoms with E-state index in [1.54, 1.807) is 0 Å². The van der Waals surface area contributed by atoms with Gasteiger partial charge in [-0.25, -0.2) is 0 Å². The topological polar surface area (TPSA) is 22.9 Å². The van der Waals surface area contributed by atoms with Crippen molar-refractivity contribution in [2.75, 3.05) is 14.6 Å². The van der Waals surface area contributed by atoms with Gasteiger partial charge in [-0.05, 0) is 134 Å². The fourth-order valence-corrected chi connectivity index (χ4v) is 12.2. The molecule has 0 saturated heterocycles. The van der Waals surface area contributed by atoms with Crippen LogP contribution in [0.1, 0.15) is 51.3 Å². The lowest BCUT2D eigenvalue weighted by molar-refractivity contribution is 0.590. The third-order valence-electron chi connectivity index (χ3n) is 15.7. The Hall–Kier alpha value is -8.54. The molecular weight excluding hydrogens is 874 g/mol. The zero-order valence-corrected chi connectivity index (χ0v) is 41.2. The number of fused-ring (bicyclic) bond motifs is 9. The maximum atomic E-state index is 6.81. The molecule has 0 N–H and O–H groups in total. The molecule has 11 aromatic rings. The van der Waals surface area contributed by atoms with Crippen LogP contribution in [0, 0.1) is 0 Å². The van der Waals surface area contributed by atoms with Crippen LogP contribution in [0.3, 0.4) is 0 Å². The van der Waals surface area contributed by atoms with E-state index in [0.717, 1.165) is 67.1 Å². The molecule has 0 amide bonds. The van der Waals surface area contributed by atoms with Crippen molar-refractivity contribution in [3.05, 3.63) is 241 Å². The average Bonchev–Trinajstić information content (AvgIpc) is 3.79. The van der Waals surface area contributed by atoms with Crippen LogP contribution in [0.5, 0.6) is 0 Å². The molecule has 14 rings (SSSR count). The summed E-state index contributed by atoms with van der Waals surface area (Å²) in [6.07, 6.45) is 0. The smallest absolute Gasteiger partial charge is 0.333 e. The highest BCUT2D eigenvalue weighted by molar-refractivity contribution is 6.93. The van der Waals surface area contributed by atoms with Gasteiger partial charge in [-0.15, -0.1) is 0 Å². The normalized spacial score (nSPS) is 13.9. The molecule has 0 bridgehead atoms. The van der Waals surface area contributed by atoms with Crippen LogP contribution in [-0.4, -0.2) is 6.85 Å². The van der Waals surface area contributed by atoms with Gasteiger partial charge < -0.3 is 19.0 Å². The van der Waals surface area contributed by atoms with Crippen molar-refractivity contribution in [2.45, 2.75) is 45.4 Å². The van der Waals surface area contributed by atoms with Gasteiger partial charge in [0.15, 0.2) is 0 Å². The molecule has 4 nitrogen and oxygen atoms in total. The highest BCUT2D eigenvalue weighted by Crippen LogP contribution is 2.56. The minimum Gasteiger partial charge on any atom is -0.456 e. The van der Waals surface area contributed by atoms with Crippen LogP contribution in [0.4, 0.5) is 45.5 Å². The third-order valence-corrected chi connectivity index (χ3v) is 15.7. The molecule has 1 aromatic heterocycles. The Morgan fingerprint density at radius 3 is 1.76 bits per heavy atom. The summed E-state index contributed by atoms with van der Waals surface area (Å²) >= 11 is 0. The van der Waals surface area contributed by atoms with Crippen LogP contribution in [-0.2, 0) is 10.8 Å². The summed E-state index contributed by atoms with van der Waals surface area (Å²) in [5.41, 5.74) is 24.2. The van der Waals surface area contributed by atoms with Crippen molar-refractivity contribution < 1.29 is 4.42 Å². The summed E-state index contributed by atoms with van der Waals surface area (Å²) in [7, 11) is 0. The first kappa shape index (κ1) is 42.4. The summed E-state index contributed by atoms with van der Waals surface area (Å²) < 4.78 is 6.81. The molecule has 5 heteroatoms. The number of benzene rings is 10. The van der Waals surface area contributed by atoms with E-state index in [2.05, 4.69) is 274 Å². The Kier molecular flexibility index (Phi) is 9.26. The van der Waals surface area contributed by atoms with Crippen molar-refractivity contribution >= 4 is 85.2 Å². The first-order valence-corrected chi connectivity index (χ1v) is 25.3. The van der Waals surface area contributed by atoms with Gasteiger partial charge in [-0.2, -0.15) is 0 Å². The van der Waals surface area contributed by atoms with Gasteiger partial charge in [-0.3, -0.25) is 0 Å². The number of anilines is 8. The van der Waals surface area contributed by atoms with E-state index in [1.165, 1.54) is 61.4 Å². The molecule has 0 fully saturated rings. The molecule has 0 saturated carbocycles. The SMILES string of the molecule is CC(C)(C)c1ccc(N2B3c4cccc5c4N(c4ccccc4C5(C)C)c4cc(N(c5cccc(-c6ccccc6)c5)c5cccc(-c6ccccc6)c5)cc(c43)-c3cc4oc5ccccc5c4cc32)cc1. The molecule has 0 spiro atoms. The van der Waals surface area contributed by atoms with E-state index in [0.29, 0.717) is 0 Å². The Bertz CT molecular complexity index is 3880. The van der Waals surface area contributed by atoms with Crippen LogP contribution in [0.15, 0.2) is 229 Å². The van der Waals surface area contributed by atoms with Crippen LogP contribution >= 0.6 is 0 Å². The monoisotopic (exact) mass is 925 g/mol. The second-order valence-corrected chi connectivity index (χ2v) is 21.3. The molecule has 3 aliphatic heterocycles. The summed E-state index contributed by atoms with van der Waals surface area (Å²) in [6, 6.07) is 83.2. The minimum atomic E-state index is -0.258. The van der Waals surface area contributed by atoms with Gasteiger partial charge in [0.2, 0.25) is 0 Å². The van der Waals surface area contributed by atoms with Gasteiger partial charge >= 0.3 is 6.85 Å². The van der Waals surface area contributed by atoms with Crippen molar-refractivity contribution in [3.63, 3.8) is 0 Å². The van der Waals surface area contributed by atoms with Crippen molar-refractivity contribution in [1.29, 1.82) is 0 Å². The number of rotatable bonds is 6. The second-order valence-electron chi connectivity index (χ2n) is 21.3. The zero-order valence-electron chi connectivity index (χ0n) is 41.2. The van der Waals surface area contributed by atoms with Crippen molar-refractivity contribution in [2.24, 2.45) is 0 Å².